The number of benzene rings is 2. The van der Waals surface area contributed by atoms with Crippen molar-refractivity contribution in [3.63, 3.8) is 0 Å². The van der Waals surface area contributed by atoms with E-state index in [2.05, 4.69) is 29.2 Å². The van der Waals surface area contributed by atoms with Gasteiger partial charge < -0.3 is 0 Å². The summed E-state index contributed by atoms with van der Waals surface area (Å²) in [6.45, 7) is 2.94. The van der Waals surface area contributed by atoms with E-state index < -0.39 is 5.60 Å². The first-order chi connectivity index (χ1) is 13.6. The van der Waals surface area contributed by atoms with Crippen molar-refractivity contribution < 1.29 is 9.53 Å². The summed E-state index contributed by atoms with van der Waals surface area (Å²) in [4.78, 5) is 15.3. The second-order valence-corrected chi connectivity index (χ2v) is 11.2. The van der Waals surface area contributed by atoms with E-state index in [9.17, 15) is 4.79 Å². The van der Waals surface area contributed by atoms with Crippen molar-refractivity contribution in [1.29, 1.82) is 0 Å². The molecule has 0 spiro atoms. The standard InChI is InChI=1S/C22H24ClNO2SSe/c23-19-8-6-18(7-9-19)22(16-28-20-4-2-1-3-5-20)14-17(21(25)26-22)15-24-10-12-27-13-11-24/h1-9,17H,10-16H2. The third-order valence-corrected chi connectivity index (χ3v) is 9.12. The van der Waals surface area contributed by atoms with Gasteiger partial charge in [-0.1, -0.05) is 0 Å². The number of esters is 1. The molecule has 28 heavy (non-hydrogen) atoms. The van der Waals surface area contributed by atoms with E-state index in [1.807, 2.05) is 42.1 Å². The van der Waals surface area contributed by atoms with Crippen molar-refractivity contribution in [3.05, 3.63) is 65.2 Å². The van der Waals surface area contributed by atoms with E-state index in [1.54, 1.807) is 0 Å². The quantitative estimate of drug-likeness (QED) is 0.467. The van der Waals surface area contributed by atoms with E-state index >= 15 is 0 Å². The molecule has 2 aromatic carbocycles. The van der Waals surface area contributed by atoms with Gasteiger partial charge in [0, 0.05) is 0 Å². The Balaban J connectivity index is 1.54. The van der Waals surface area contributed by atoms with Crippen LogP contribution in [0.2, 0.25) is 10.3 Å². The molecular formula is C22H24ClNO2SSe. The van der Waals surface area contributed by atoms with Crippen LogP contribution in [0.5, 0.6) is 0 Å². The van der Waals surface area contributed by atoms with Gasteiger partial charge >= 0.3 is 183 Å². The van der Waals surface area contributed by atoms with E-state index in [1.165, 1.54) is 4.46 Å². The minimum atomic E-state index is -0.535. The second-order valence-electron chi connectivity index (χ2n) is 7.34. The van der Waals surface area contributed by atoms with Crippen molar-refractivity contribution in [2.75, 3.05) is 31.1 Å². The third-order valence-electron chi connectivity index (χ3n) is 5.37. The maximum absolute atomic E-state index is 12.8. The molecule has 0 radical (unpaired) electrons. The van der Waals surface area contributed by atoms with Gasteiger partial charge in [-0.25, -0.2) is 0 Å². The van der Waals surface area contributed by atoms with Gasteiger partial charge in [-0.3, -0.25) is 0 Å². The van der Waals surface area contributed by atoms with Crippen LogP contribution in [-0.4, -0.2) is 57.0 Å². The molecule has 2 saturated heterocycles. The van der Waals surface area contributed by atoms with Crippen LogP contribution >= 0.6 is 23.4 Å². The Bertz CT molecular complexity index is 798. The number of halogens is 1. The van der Waals surface area contributed by atoms with Gasteiger partial charge in [0.1, 0.15) is 0 Å². The fourth-order valence-electron chi connectivity index (χ4n) is 3.85. The summed E-state index contributed by atoms with van der Waals surface area (Å²) >= 11 is 8.34. The Kier molecular flexibility index (Phi) is 6.70. The number of carbonyl (C=O) groups excluding carboxylic acids is 1. The summed E-state index contributed by atoms with van der Waals surface area (Å²) in [5, 5.41) is 1.56. The number of rotatable bonds is 6. The molecule has 0 saturated carbocycles. The monoisotopic (exact) mass is 481 g/mol. The molecule has 0 N–H and O–H groups in total. The molecule has 4 rings (SSSR count). The number of ether oxygens (including phenoxy) is 1. The van der Waals surface area contributed by atoms with Gasteiger partial charge in [0.2, 0.25) is 0 Å². The molecular weight excluding hydrogens is 457 g/mol. The van der Waals surface area contributed by atoms with Crippen LogP contribution < -0.4 is 4.46 Å². The zero-order valence-electron chi connectivity index (χ0n) is 15.7. The van der Waals surface area contributed by atoms with Gasteiger partial charge in [0.15, 0.2) is 0 Å². The fourth-order valence-corrected chi connectivity index (χ4v) is 7.25. The van der Waals surface area contributed by atoms with Gasteiger partial charge in [-0.05, 0) is 0 Å². The summed E-state index contributed by atoms with van der Waals surface area (Å²) in [5.41, 5.74) is 0.534. The first-order valence-corrected chi connectivity index (χ1v) is 13.2. The summed E-state index contributed by atoms with van der Waals surface area (Å²) in [5.74, 6) is 2.21. The first-order valence-electron chi connectivity index (χ1n) is 9.61. The van der Waals surface area contributed by atoms with Crippen LogP contribution in [0.15, 0.2) is 54.6 Å². The number of carbonyl (C=O) groups is 1. The van der Waals surface area contributed by atoms with Gasteiger partial charge in [0.25, 0.3) is 0 Å². The van der Waals surface area contributed by atoms with Crippen molar-refractivity contribution in [2.24, 2.45) is 5.92 Å². The molecule has 0 aliphatic carbocycles. The predicted octanol–water partition coefficient (Wildman–Crippen LogP) is 3.60. The van der Waals surface area contributed by atoms with Crippen LogP contribution in [0, 0.1) is 5.92 Å². The Morgan fingerprint density at radius 1 is 1.11 bits per heavy atom. The SMILES string of the molecule is O=C1OC(C[Se]c2ccccc2)(c2ccc(Cl)cc2)CC1CN1CCSCC1. The van der Waals surface area contributed by atoms with Crippen LogP contribution in [0.1, 0.15) is 12.0 Å². The van der Waals surface area contributed by atoms with Gasteiger partial charge in [-0.15, -0.1) is 0 Å². The normalized spacial score (nSPS) is 25.6. The number of nitrogens with zero attached hydrogens (tertiary/aromatic N) is 1. The molecule has 3 nitrogen and oxygen atoms in total. The van der Waals surface area contributed by atoms with Crippen LogP contribution in [0.4, 0.5) is 0 Å². The van der Waals surface area contributed by atoms with E-state index in [4.69, 9.17) is 16.3 Å². The van der Waals surface area contributed by atoms with E-state index in [-0.39, 0.29) is 26.8 Å². The Morgan fingerprint density at radius 2 is 1.82 bits per heavy atom. The van der Waals surface area contributed by atoms with Crippen LogP contribution in [-0.2, 0) is 15.1 Å². The molecule has 2 atom stereocenters. The molecule has 2 unspecified atom stereocenters. The van der Waals surface area contributed by atoms with Crippen molar-refractivity contribution >= 4 is 48.8 Å². The van der Waals surface area contributed by atoms with E-state index in [0.717, 1.165) is 48.4 Å². The van der Waals surface area contributed by atoms with Crippen LogP contribution in [0.25, 0.3) is 0 Å². The average Bonchev–Trinajstić information content (AvgIpc) is 3.05. The van der Waals surface area contributed by atoms with Crippen molar-refractivity contribution in [1.82, 2.24) is 4.90 Å². The molecule has 2 aliphatic heterocycles. The Hall–Kier alpha value is -0.971. The van der Waals surface area contributed by atoms with Crippen LogP contribution in [0.3, 0.4) is 0 Å². The molecule has 2 aromatic rings. The second kappa shape index (κ2) is 9.23. The third kappa shape index (κ3) is 4.77. The molecule has 0 aromatic heterocycles. The summed E-state index contributed by atoms with van der Waals surface area (Å²) in [6.07, 6.45) is 0.756. The summed E-state index contributed by atoms with van der Waals surface area (Å²) in [6, 6.07) is 18.4. The summed E-state index contributed by atoms with van der Waals surface area (Å²) < 4.78 is 7.48. The van der Waals surface area contributed by atoms with Gasteiger partial charge in [-0.2, -0.15) is 0 Å². The minimum absolute atomic E-state index is 0.0444. The molecule has 2 aliphatic rings. The number of thioether (sulfide) groups is 1. The van der Waals surface area contributed by atoms with E-state index in [0.29, 0.717) is 5.02 Å². The Morgan fingerprint density at radius 3 is 2.54 bits per heavy atom. The molecule has 2 fully saturated rings. The Labute approximate surface area is 182 Å². The average molecular weight is 481 g/mol. The molecule has 0 amide bonds. The topological polar surface area (TPSA) is 29.5 Å². The molecule has 0 bridgehead atoms. The zero-order valence-corrected chi connectivity index (χ0v) is 19.0. The predicted molar refractivity (Wildman–Crippen MR) is 118 cm³/mol. The molecule has 6 heteroatoms. The fraction of sp³-hybridized carbons (Fsp3) is 0.409. The number of cyclic esters (lactones) is 1. The number of hydrogen-bond acceptors (Lipinski definition) is 4. The van der Waals surface area contributed by atoms with Gasteiger partial charge in [0.05, 0.1) is 0 Å². The molecule has 2 heterocycles. The van der Waals surface area contributed by atoms with Crippen molar-refractivity contribution in [3.8, 4) is 0 Å². The first kappa shape index (κ1) is 20.3. The molecule has 148 valence electrons. The number of hydrogen-bond donors (Lipinski definition) is 0. The zero-order chi connectivity index (χ0) is 19.4. The maximum atomic E-state index is 12.8. The summed E-state index contributed by atoms with van der Waals surface area (Å²) in [7, 11) is 0. The van der Waals surface area contributed by atoms with Crippen molar-refractivity contribution in [2.45, 2.75) is 17.3 Å².